The van der Waals surface area contributed by atoms with Gasteiger partial charge < -0.3 is 15.0 Å². The van der Waals surface area contributed by atoms with E-state index in [1.807, 2.05) is 13.8 Å². The summed E-state index contributed by atoms with van der Waals surface area (Å²) in [6, 6.07) is 4.51. The summed E-state index contributed by atoms with van der Waals surface area (Å²) in [6.45, 7) is 3.90. The van der Waals surface area contributed by atoms with Crippen molar-refractivity contribution in [1.29, 1.82) is 0 Å². The quantitative estimate of drug-likeness (QED) is 0.911. The molecule has 5 nitrogen and oxygen atoms in total. The number of hydrogen-bond donors (Lipinski definition) is 1. The second-order valence-corrected chi connectivity index (χ2v) is 4.60. The number of rotatable bonds is 5. The molecule has 1 aromatic carbocycles. The zero-order chi connectivity index (χ0) is 14.8. The van der Waals surface area contributed by atoms with E-state index in [9.17, 15) is 4.39 Å². The molecule has 0 amide bonds. The van der Waals surface area contributed by atoms with E-state index in [-0.39, 0.29) is 11.5 Å². The predicted octanol–water partition coefficient (Wildman–Crippen LogP) is 2.86. The van der Waals surface area contributed by atoms with Crippen LogP contribution in [-0.2, 0) is 5.54 Å². The zero-order valence-corrected chi connectivity index (χ0v) is 11.8. The van der Waals surface area contributed by atoms with Crippen molar-refractivity contribution in [3.63, 3.8) is 0 Å². The van der Waals surface area contributed by atoms with E-state index in [0.29, 0.717) is 24.4 Å². The Morgan fingerprint density at radius 1 is 1.35 bits per heavy atom. The molecule has 0 bridgehead atoms. The summed E-state index contributed by atoms with van der Waals surface area (Å²) < 4.78 is 24.2. The first-order valence-electron chi connectivity index (χ1n) is 6.51. The Morgan fingerprint density at radius 3 is 2.65 bits per heavy atom. The van der Waals surface area contributed by atoms with Crippen molar-refractivity contribution < 1.29 is 13.7 Å². The van der Waals surface area contributed by atoms with Crippen molar-refractivity contribution in [3.05, 3.63) is 29.8 Å². The van der Waals surface area contributed by atoms with Crippen molar-refractivity contribution in [2.24, 2.45) is 5.73 Å². The normalized spacial score (nSPS) is 11.7. The maximum atomic E-state index is 14.0. The molecule has 0 fully saturated rings. The summed E-state index contributed by atoms with van der Waals surface area (Å²) in [5.74, 6) is 0.320. The van der Waals surface area contributed by atoms with Crippen LogP contribution in [0.2, 0.25) is 0 Å². The van der Waals surface area contributed by atoms with Gasteiger partial charge in [0, 0.05) is 0 Å². The van der Waals surface area contributed by atoms with Crippen LogP contribution in [0.3, 0.4) is 0 Å². The fourth-order valence-electron chi connectivity index (χ4n) is 1.98. The van der Waals surface area contributed by atoms with Gasteiger partial charge in [-0.05, 0) is 25.0 Å². The first kappa shape index (κ1) is 14.5. The van der Waals surface area contributed by atoms with E-state index < -0.39 is 11.4 Å². The van der Waals surface area contributed by atoms with Crippen LogP contribution >= 0.6 is 0 Å². The number of nitrogens with zero attached hydrogens (tertiary/aromatic N) is 2. The van der Waals surface area contributed by atoms with Crippen molar-refractivity contribution in [1.82, 2.24) is 10.1 Å². The Balaban J connectivity index is 2.49. The van der Waals surface area contributed by atoms with E-state index in [2.05, 4.69) is 10.1 Å². The zero-order valence-electron chi connectivity index (χ0n) is 11.8. The molecule has 0 aliphatic rings. The predicted molar refractivity (Wildman–Crippen MR) is 72.7 cm³/mol. The van der Waals surface area contributed by atoms with Gasteiger partial charge in [0.15, 0.2) is 5.82 Å². The van der Waals surface area contributed by atoms with Gasteiger partial charge in [0.25, 0.3) is 5.89 Å². The molecule has 0 radical (unpaired) electrons. The molecule has 1 heterocycles. The lowest BCUT2D eigenvalue weighted by atomic mass is 9.93. The SMILES string of the molecule is CCC(N)(CC)c1noc(-c2c(F)cccc2OC)n1. The second kappa shape index (κ2) is 5.58. The summed E-state index contributed by atoms with van der Waals surface area (Å²) in [7, 11) is 1.46. The minimum Gasteiger partial charge on any atom is -0.496 e. The third kappa shape index (κ3) is 2.38. The van der Waals surface area contributed by atoms with Crippen molar-refractivity contribution in [2.45, 2.75) is 32.2 Å². The second-order valence-electron chi connectivity index (χ2n) is 4.60. The number of hydrogen-bond acceptors (Lipinski definition) is 5. The lowest BCUT2D eigenvalue weighted by Gasteiger charge is -2.21. The summed E-state index contributed by atoms with van der Waals surface area (Å²) in [5, 5.41) is 3.89. The molecular weight excluding hydrogens is 261 g/mol. The summed E-state index contributed by atoms with van der Waals surface area (Å²) in [6.07, 6.45) is 1.33. The van der Waals surface area contributed by atoms with E-state index in [0.717, 1.165) is 0 Å². The van der Waals surface area contributed by atoms with Crippen molar-refractivity contribution in [2.75, 3.05) is 7.11 Å². The van der Waals surface area contributed by atoms with Gasteiger partial charge in [0.2, 0.25) is 0 Å². The van der Waals surface area contributed by atoms with Gasteiger partial charge in [-0.1, -0.05) is 25.1 Å². The molecule has 0 spiro atoms. The van der Waals surface area contributed by atoms with E-state index in [1.165, 1.54) is 13.2 Å². The molecule has 0 saturated carbocycles. The van der Waals surface area contributed by atoms with E-state index >= 15 is 0 Å². The fraction of sp³-hybridized carbons (Fsp3) is 0.429. The van der Waals surface area contributed by atoms with Crippen LogP contribution in [0.1, 0.15) is 32.5 Å². The fourth-order valence-corrected chi connectivity index (χ4v) is 1.98. The lowest BCUT2D eigenvalue weighted by molar-refractivity contribution is 0.349. The Hall–Kier alpha value is -1.95. The summed E-state index contributed by atoms with van der Waals surface area (Å²) in [5.41, 5.74) is 5.70. The van der Waals surface area contributed by atoms with Gasteiger partial charge in [-0.15, -0.1) is 0 Å². The molecule has 0 atom stereocenters. The number of nitrogens with two attached hydrogens (primary N) is 1. The summed E-state index contributed by atoms with van der Waals surface area (Å²) in [4.78, 5) is 4.24. The average molecular weight is 279 g/mol. The van der Waals surface area contributed by atoms with Gasteiger partial charge in [-0.25, -0.2) is 4.39 Å². The topological polar surface area (TPSA) is 74.2 Å². The Kier molecular flexibility index (Phi) is 4.04. The molecule has 0 unspecified atom stereocenters. The first-order valence-corrected chi connectivity index (χ1v) is 6.51. The summed E-state index contributed by atoms with van der Waals surface area (Å²) >= 11 is 0. The number of benzene rings is 1. The monoisotopic (exact) mass is 279 g/mol. The molecule has 108 valence electrons. The molecule has 1 aromatic heterocycles. The minimum absolute atomic E-state index is 0.0756. The van der Waals surface area contributed by atoms with Gasteiger partial charge in [-0.2, -0.15) is 4.98 Å². The van der Waals surface area contributed by atoms with Crippen LogP contribution < -0.4 is 10.5 Å². The minimum atomic E-state index is -0.666. The molecule has 2 N–H and O–H groups in total. The average Bonchev–Trinajstić information content (AvgIpc) is 2.96. The van der Waals surface area contributed by atoms with Crippen LogP contribution in [-0.4, -0.2) is 17.3 Å². The van der Waals surface area contributed by atoms with Gasteiger partial charge in [-0.3, -0.25) is 0 Å². The largest absolute Gasteiger partial charge is 0.496 e. The standard InChI is InChI=1S/C14H18FN3O2/c1-4-14(16,5-2)13-17-12(20-18-13)11-9(15)7-6-8-10(11)19-3/h6-8H,4-5,16H2,1-3H3. The Bertz CT molecular complexity index is 594. The van der Waals surface area contributed by atoms with Gasteiger partial charge in [0.05, 0.1) is 12.6 Å². The van der Waals surface area contributed by atoms with Crippen molar-refractivity contribution in [3.8, 4) is 17.2 Å². The maximum absolute atomic E-state index is 14.0. The highest BCUT2D eigenvalue weighted by Crippen LogP contribution is 2.33. The number of aromatic nitrogens is 2. The maximum Gasteiger partial charge on any atom is 0.264 e. The van der Waals surface area contributed by atoms with E-state index in [1.54, 1.807) is 12.1 Å². The highest BCUT2D eigenvalue weighted by Gasteiger charge is 2.30. The van der Waals surface area contributed by atoms with Gasteiger partial charge >= 0.3 is 0 Å². The third-order valence-corrected chi connectivity index (χ3v) is 3.54. The molecule has 0 saturated heterocycles. The van der Waals surface area contributed by atoms with Crippen LogP contribution in [0.25, 0.3) is 11.5 Å². The number of halogens is 1. The third-order valence-electron chi connectivity index (χ3n) is 3.54. The van der Waals surface area contributed by atoms with Crippen LogP contribution in [0.5, 0.6) is 5.75 Å². The smallest absolute Gasteiger partial charge is 0.264 e. The van der Waals surface area contributed by atoms with Crippen LogP contribution in [0.4, 0.5) is 4.39 Å². The lowest BCUT2D eigenvalue weighted by Crippen LogP contribution is -2.36. The number of methoxy groups -OCH3 is 1. The highest BCUT2D eigenvalue weighted by atomic mass is 19.1. The molecular formula is C14H18FN3O2. The Morgan fingerprint density at radius 2 is 2.05 bits per heavy atom. The van der Waals surface area contributed by atoms with E-state index in [4.69, 9.17) is 15.0 Å². The molecule has 20 heavy (non-hydrogen) atoms. The first-order chi connectivity index (χ1) is 9.55. The molecule has 2 aromatic rings. The molecule has 0 aliphatic heterocycles. The molecule has 6 heteroatoms. The van der Waals surface area contributed by atoms with Gasteiger partial charge in [0.1, 0.15) is 17.1 Å². The number of ether oxygens (including phenoxy) is 1. The van der Waals surface area contributed by atoms with Crippen LogP contribution in [0, 0.1) is 5.82 Å². The van der Waals surface area contributed by atoms with Crippen LogP contribution in [0.15, 0.2) is 22.7 Å². The Labute approximate surface area is 116 Å². The van der Waals surface area contributed by atoms with Crippen molar-refractivity contribution >= 4 is 0 Å². The molecule has 0 aliphatic carbocycles. The molecule has 2 rings (SSSR count). The highest BCUT2D eigenvalue weighted by molar-refractivity contribution is 5.63.